The van der Waals surface area contributed by atoms with Crippen molar-refractivity contribution in [3.8, 4) is 0 Å². The molecule has 0 aliphatic heterocycles. The standard InChI is InChI=1S/C25H24Cl2N4O2S/c1-4-5-12-31-15(3)22(14(2)30-31)29-24(32)17-8-6-7-9-19(17)28-25(33)23-21(27)18-11-10-16(26)13-20(18)34-23/h6-11,13H,4-5,12H2,1-3H3,(H,28,33)(H,29,32). The lowest BCUT2D eigenvalue weighted by molar-refractivity contribution is 0.102. The number of fused-ring (bicyclic) bond motifs is 1. The molecule has 176 valence electrons. The van der Waals surface area contributed by atoms with Crippen molar-refractivity contribution in [2.24, 2.45) is 0 Å². The van der Waals surface area contributed by atoms with Crippen molar-refractivity contribution in [3.05, 3.63) is 74.3 Å². The van der Waals surface area contributed by atoms with Gasteiger partial charge in [-0.15, -0.1) is 11.3 Å². The highest BCUT2D eigenvalue weighted by molar-refractivity contribution is 7.21. The Morgan fingerprint density at radius 2 is 1.82 bits per heavy atom. The van der Waals surface area contributed by atoms with E-state index < -0.39 is 0 Å². The van der Waals surface area contributed by atoms with E-state index in [1.807, 2.05) is 18.5 Å². The summed E-state index contributed by atoms with van der Waals surface area (Å²) in [5, 5.41) is 12.1. The Kier molecular flexibility index (Phi) is 7.26. The Labute approximate surface area is 211 Å². The first-order chi connectivity index (χ1) is 16.3. The molecule has 0 bridgehead atoms. The first-order valence-electron chi connectivity index (χ1n) is 10.9. The monoisotopic (exact) mass is 514 g/mol. The van der Waals surface area contributed by atoms with Crippen LogP contribution in [-0.4, -0.2) is 21.6 Å². The van der Waals surface area contributed by atoms with Gasteiger partial charge in [0.2, 0.25) is 0 Å². The van der Waals surface area contributed by atoms with Crippen LogP contribution in [0.4, 0.5) is 11.4 Å². The zero-order valence-electron chi connectivity index (χ0n) is 19.0. The molecule has 6 nitrogen and oxygen atoms in total. The van der Waals surface area contributed by atoms with Crippen molar-refractivity contribution < 1.29 is 9.59 Å². The van der Waals surface area contributed by atoms with Gasteiger partial charge in [-0.2, -0.15) is 5.10 Å². The van der Waals surface area contributed by atoms with E-state index in [1.165, 1.54) is 11.3 Å². The minimum absolute atomic E-state index is 0.327. The zero-order chi connectivity index (χ0) is 24.4. The molecule has 0 unspecified atom stereocenters. The number of hydrogen-bond donors (Lipinski definition) is 2. The van der Waals surface area contributed by atoms with Gasteiger partial charge in [0, 0.05) is 21.7 Å². The van der Waals surface area contributed by atoms with Crippen molar-refractivity contribution in [3.63, 3.8) is 0 Å². The first kappa shape index (κ1) is 24.3. The van der Waals surface area contributed by atoms with Crippen molar-refractivity contribution in [1.29, 1.82) is 0 Å². The van der Waals surface area contributed by atoms with Crippen LogP contribution in [0.15, 0.2) is 42.5 Å². The molecule has 2 heterocycles. The Morgan fingerprint density at radius 3 is 2.59 bits per heavy atom. The van der Waals surface area contributed by atoms with Crippen LogP contribution in [-0.2, 0) is 6.54 Å². The summed E-state index contributed by atoms with van der Waals surface area (Å²) in [6, 6.07) is 12.2. The quantitative estimate of drug-likeness (QED) is 0.271. The maximum absolute atomic E-state index is 13.2. The van der Waals surface area contributed by atoms with Gasteiger partial charge in [-0.3, -0.25) is 14.3 Å². The number of nitrogens with one attached hydrogen (secondary N) is 2. The predicted molar refractivity (Wildman–Crippen MR) is 141 cm³/mol. The highest BCUT2D eigenvalue weighted by Crippen LogP contribution is 2.37. The zero-order valence-corrected chi connectivity index (χ0v) is 21.4. The fourth-order valence-corrected chi connectivity index (χ4v) is 5.43. The smallest absolute Gasteiger partial charge is 0.267 e. The number of thiophene rings is 1. The van der Waals surface area contributed by atoms with Crippen LogP contribution in [0.25, 0.3) is 10.1 Å². The van der Waals surface area contributed by atoms with E-state index in [1.54, 1.807) is 42.5 Å². The second-order valence-electron chi connectivity index (χ2n) is 7.96. The molecule has 0 saturated carbocycles. The van der Waals surface area contributed by atoms with Crippen molar-refractivity contribution in [1.82, 2.24) is 9.78 Å². The first-order valence-corrected chi connectivity index (χ1v) is 12.5. The molecule has 4 aromatic rings. The van der Waals surface area contributed by atoms with Crippen LogP contribution >= 0.6 is 34.5 Å². The van der Waals surface area contributed by atoms with Crippen LogP contribution in [0.1, 0.15) is 51.2 Å². The summed E-state index contributed by atoms with van der Waals surface area (Å²) < 4.78 is 2.73. The Hall–Kier alpha value is -2.87. The lowest BCUT2D eigenvalue weighted by Crippen LogP contribution is -2.18. The second-order valence-corrected chi connectivity index (χ2v) is 9.83. The van der Waals surface area contributed by atoms with Crippen molar-refractivity contribution >= 4 is 67.8 Å². The largest absolute Gasteiger partial charge is 0.320 e. The maximum atomic E-state index is 13.2. The van der Waals surface area contributed by atoms with Gasteiger partial charge in [-0.05, 0) is 44.5 Å². The van der Waals surface area contributed by atoms with E-state index in [4.69, 9.17) is 23.2 Å². The molecule has 0 spiro atoms. The molecule has 2 aromatic carbocycles. The van der Waals surface area contributed by atoms with Crippen LogP contribution in [0.2, 0.25) is 10.0 Å². The molecular formula is C25H24Cl2N4O2S. The van der Waals surface area contributed by atoms with Gasteiger partial charge in [-0.25, -0.2) is 0 Å². The van der Waals surface area contributed by atoms with E-state index in [0.29, 0.717) is 31.9 Å². The highest BCUT2D eigenvalue weighted by atomic mass is 35.5. The van der Waals surface area contributed by atoms with E-state index in [2.05, 4.69) is 22.7 Å². The summed E-state index contributed by atoms with van der Waals surface area (Å²) in [4.78, 5) is 26.6. The summed E-state index contributed by atoms with van der Waals surface area (Å²) in [6.45, 7) is 6.73. The van der Waals surface area contributed by atoms with Gasteiger partial charge in [-0.1, -0.05) is 54.7 Å². The van der Waals surface area contributed by atoms with Gasteiger partial charge < -0.3 is 10.6 Å². The third-order valence-corrected chi connectivity index (χ3v) is 7.45. The number of para-hydroxylation sites is 1. The fourth-order valence-electron chi connectivity index (χ4n) is 3.74. The van der Waals surface area contributed by atoms with Crippen LogP contribution in [0.5, 0.6) is 0 Å². The third-order valence-electron chi connectivity index (χ3n) is 5.56. The van der Waals surface area contributed by atoms with Crippen LogP contribution in [0.3, 0.4) is 0 Å². The molecule has 0 fully saturated rings. The normalized spacial score (nSPS) is 11.1. The molecule has 34 heavy (non-hydrogen) atoms. The number of carbonyl (C=O) groups excluding carboxylic acids is 2. The van der Waals surface area contributed by atoms with Crippen molar-refractivity contribution in [2.75, 3.05) is 10.6 Å². The number of halogens is 2. The van der Waals surface area contributed by atoms with Gasteiger partial charge in [0.05, 0.1) is 33.3 Å². The molecule has 0 aliphatic rings. The number of carbonyl (C=O) groups is 2. The van der Waals surface area contributed by atoms with E-state index in [0.717, 1.165) is 40.9 Å². The molecule has 0 radical (unpaired) electrons. The molecule has 9 heteroatoms. The number of aromatic nitrogens is 2. The molecule has 4 rings (SSSR count). The van der Waals surface area contributed by atoms with Crippen LogP contribution < -0.4 is 10.6 Å². The molecule has 2 amide bonds. The van der Waals surface area contributed by atoms with Crippen LogP contribution in [0, 0.1) is 13.8 Å². The lowest BCUT2D eigenvalue weighted by atomic mass is 10.1. The maximum Gasteiger partial charge on any atom is 0.267 e. The number of aryl methyl sites for hydroxylation is 2. The average Bonchev–Trinajstić information content (AvgIpc) is 3.28. The van der Waals surface area contributed by atoms with Crippen molar-refractivity contribution in [2.45, 2.75) is 40.2 Å². The van der Waals surface area contributed by atoms with E-state index in [-0.39, 0.29) is 11.8 Å². The highest BCUT2D eigenvalue weighted by Gasteiger charge is 2.21. The molecule has 0 aliphatic carbocycles. The van der Waals surface area contributed by atoms with Gasteiger partial charge in [0.1, 0.15) is 4.88 Å². The van der Waals surface area contributed by atoms with E-state index in [9.17, 15) is 9.59 Å². The average molecular weight is 515 g/mol. The predicted octanol–water partition coefficient (Wildman–Crippen LogP) is 7.33. The number of benzene rings is 2. The number of hydrogen-bond acceptors (Lipinski definition) is 4. The summed E-state index contributed by atoms with van der Waals surface area (Å²) >= 11 is 13.8. The Bertz CT molecular complexity index is 1390. The lowest BCUT2D eigenvalue weighted by Gasteiger charge is -2.12. The fraction of sp³-hybridized carbons (Fsp3) is 0.240. The molecule has 2 N–H and O–H groups in total. The SMILES string of the molecule is CCCCn1nc(C)c(NC(=O)c2ccccc2NC(=O)c2sc3cc(Cl)ccc3c2Cl)c1C. The van der Waals surface area contributed by atoms with Gasteiger partial charge >= 0.3 is 0 Å². The second kappa shape index (κ2) is 10.2. The summed E-state index contributed by atoms with van der Waals surface area (Å²) in [5.74, 6) is -0.714. The number of unbranched alkanes of at least 4 members (excludes halogenated alkanes) is 1. The minimum atomic E-state index is -0.387. The molecule has 0 saturated heterocycles. The number of rotatable bonds is 7. The summed E-state index contributed by atoms with van der Waals surface area (Å²) in [7, 11) is 0. The van der Waals surface area contributed by atoms with Gasteiger partial charge in [0.25, 0.3) is 11.8 Å². The third kappa shape index (κ3) is 4.82. The topological polar surface area (TPSA) is 76.0 Å². The molecule has 0 atom stereocenters. The molecule has 2 aromatic heterocycles. The number of amides is 2. The summed E-state index contributed by atoms with van der Waals surface area (Å²) in [6.07, 6.45) is 2.07. The van der Waals surface area contributed by atoms with E-state index >= 15 is 0 Å². The minimum Gasteiger partial charge on any atom is -0.320 e. The van der Waals surface area contributed by atoms with Gasteiger partial charge in [0.15, 0.2) is 0 Å². The Morgan fingerprint density at radius 1 is 1.06 bits per heavy atom. The number of nitrogens with zero attached hydrogens (tertiary/aromatic N) is 2. The summed E-state index contributed by atoms with van der Waals surface area (Å²) in [5.41, 5.74) is 3.07. The Balaban J connectivity index is 1.58. The number of anilines is 2. The molecular weight excluding hydrogens is 491 g/mol.